The summed E-state index contributed by atoms with van der Waals surface area (Å²) in [5.41, 5.74) is 2.18. The topological polar surface area (TPSA) is 24.1 Å². The maximum Gasteiger partial charge on any atom is 0.123 e. The summed E-state index contributed by atoms with van der Waals surface area (Å²) in [6, 6.07) is 6.02. The van der Waals surface area contributed by atoms with E-state index in [4.69, 9.17) is 0 Å². The zero-order valence-electron chi connectivity index (χ0n) is 9.30. The molecule has 1 unspecified atom stereocenters. The van der Waals surface area contributed by atoms with Crippen LogP contribution in [0.2, 0.25) is 0 Å². The molecule has 0 saturated heterocycles. The van der Waals surface area contributed by atoms with E-state index in [1.54, 1.807) is 6.07 Å². The second-order valence-corrected chi connectivity index (χ2v) is 4.79. The van der Waals surface area contributed by atoms with Gasteiger partial charge in [0.05, 0.1) is 0 Å². The Morgan fingerprint density at radius 2 is 2.12 bits per heavy atom. The van der Waals surface area contributed by atoms with Crippen LogP contribution >= 0.6 is 0 Å². The van der Waals surface area contributed by atoms with Crippen LogP contribution in [-0.2, 0) is 0 Å². The smallest absolute Gasteiger partial charge is 0.123 e. The van der Waals surface area contributed by atoms with E-state index in [1.165, 1.54) is 25.3 Å². The molecule has 1 saturated carbocycles. The lowest BCUT2D eigenvalue weighted by molar-refractivity contribution is 0.298. The van der Waals surface area contributed by atoms with Crippen LogP contribution in [0, 0.1) is 5.82 Å². The van der Waals surface area contributed by atoms with E-state index in [2.05, 4.69) is 10.6 Å². The number of nitrogens with one attached hydrogen (secondary N) is 2. The Kier molecular flexibility index (Phi) is 2.56. The van der Waals surface area contributed by atoms with Crippen LogP contribution in [-0.4, -0.2) is 12.6 Å². The number of rotatable bonds is 2. The molecule has 86 valence electrons. The molecule has 2 nitrogen and oxygen atoms in total. The van der Waals surface area contributed by atoms with Gasteiger partial charge in [-0.1, -0.05) is 6.42 Å². The maximum atomic E-state index is 13.2. The fraction of sp³-hybridized carbons (Fsp3) is 0.538. The van der Waals surface area contributed by atoms with Crippen LogP contribution in [0.5, 0.6) is 0 Å². The Bertz CT molecular complexity index is 388. The molecule has 1 aliphatic heterocycles. The minimum absolute atomic E-state index is 0.136. The highest BCUT2D eigenvalue weighted by molar-refractivity contribution is 5.54. The number of benzene rings is 1. The fourth-order valence-electron chi connectivity index (χ4n) is 2.52. The van der Waals surface area contributed by atoms with Crippen molar-refractivity contribution >= 4 is 5.69 Å². The lowest BCUT2D eigenvalue weighted by atomic mass is 9.89. The molecule has 1 aromatic carbocycles. The normalized spacial score (nSPS) is 24.4. The highest BCUT2D eigenvalue weighted by Gasteiger charge is 2.25. The molecule has 1 atom stereocenters. The second-order valence-electron chi connectivity index (χ2n) is 4.79. The van der Waals surface area contributed by atoms with E-state index < -0.39 is 0 Å². The standard InChI is InChI=1S/C13H17FN2/c14-9-4-5-12-11(8-9)13(6-7-15-12)16-10-2-1-3-10/h4-5,8,10,13,15-16H,1-3,6-7H2. The quantitative estimate of drug-likeness (QED) is 0.800. The predicted molar refractivity (Wildman–Crippen MR) is 63.0 cm³/mol. The van der Waals surface area contributed by atoms with Crippen molar-refractivity contribution < 1.29 is 4.39 Å². The number of hydrogen-bond acceptors (Lipinski definition) is 2. The monoisotopic (exact) mass is 220 g/mol. The maximum absolute atomic E-state index is 13.2. The minimum atomic E-state index is -0.136. The van der Waals surface area contributed by atoms with Gasteiger partial charge >= 0.3 is 0 Å². The van der Waals surface area contributed by atoms with Gasteiger partial charge in [0.2, 0.25) is 0 Å². The number of halogens is 1. The summed E-state index contributed by atoms with van der Waals surface area (Å²) < 4.78 is 13.2. The van der Waals surface area contributed by atoms with Gasteiger partial charge in [-0.3, -0.25) is 0 Å². The summed E-state index contributed by atoms with van der Waals surface area (Å²) >= 11 is 0. The number of anilines is 1. The molecule has 2 N–H and O–H groups in total. The van der Waals surface area contributed by atoms with Crippen LogP contribution in [0.15, 0.2) is 18.2 Å². The summed E-state index contributed by atoms with van der Waals surface area (Å²) in [5.74, 6) is -0.136. The zero-order chi connectivity index (χ0) is 11.0. The van der Waals surface area contributed by atoms with Crippen molar-refractivity contribution in [2.45, 2.75) is 37.8 Å². The van der Waals surface area contributed by atoms with E-state index in [-0.39, 0.29) is 5.82 Å². The Labute approximate surface area is 95.2 Å². The molecule has 0 spiro atoms. The summed E-state index contributed by atoms with van der Waals surface area (Å²) in [7, 11) is 0. The van der Waals surface area contributed by atoms with Crippen LogP contribution in [0.3, 0.4) is 0 Å². The molecular weight excluding hydrogens is 203 g/mol. The molecule has 0 amide bonds. The van der Waals surface area contributed by atoms with Crippen LogP contribution in [0.25, 0.3) is 0 Å². The molecule has 1 aromatic rings. The molecule has 1 heterocycles. The highest BCUT2D eigenvalue weighted by Crippen LogP contribution is 2.32. The summed E-state index contributed by atoms with van der Waals surface area (Å²) in [6.45, 7) is 0.975. The van der Waals surface area contributed by atoms with Crippen molar-refractivity contribution in [2.75, 3.05) is 11.9 Å². The average Bonchev–Trinajstić information content (AvgIpc) is 2.23. The molecule has 16 heavy (non-hydrogen) atoms. The van der Waals surface area contributed by atoms with E-state index in [1.807, 2.05) is 6.07 Å². The number of hydrogen-bond donors (Lipinski definition) is 2. The summed E-state index contributed by atoms with van der Waals surface area (Å²) in [4.78, 5) is 0. The third-order valence-electron chi connectivity index (χ3n) is 3.68. The van der Waals surface area contributed by atoms with E-state index in [0.717, 1.165) is 24.2 Å². The second kappa shape index (κ2) is 4.06. The highest BCUT2D eigenvalue weighted by atomic mass is 19.1. The van der Waals surface area contributed by atoms with Gasteiger partial charge in [0.25, 0.3) is 0 Å². The van der Waals surface area contributed by atoms with Crippen molar-refractivity contribution in [1.82, 2.24) is 5.32 Å². The van der Waals surface area contributed by atoms with Gasteiger partial charge in [-0.05, 0) is 43.0 Å². The third kappa shape index (κ3) is 1.80. The van der Waals surface area contributed by atoms with Crippen molar-refractivity contribution in [3.63, 3.8) is 0 Å². The lowest BCUT2D eigenvalue weighted by Crippen LogP contribution is -2.40. The average molecular weight is 220 g/mol. The molecule has 1 aliphatic carbocycles. The van der Waals surface area contributed by atoms with Gasteiger partial charge in [-0.2, -0.15) is 0 Å². The molecule has 3 rings (SSSR count). The molecule has 0 radical (unpaired) electrons. The Hall–Kier alpha value is -1.09. The molecule has 1 fully saturated rings. The van der Waals surface area contributed by atoms with Gasteiger partial charge in [0.1, 0.15) is 5.82 Å². The predicted octanol–water partition coefficient (Wildman–Crippen LogP) is 2.82. The third-order valence-corrected chi connectivity index (χ3v) is 3.68. The Morgan fingerprint density at radius 3 is 2.88 bits per heavy atom. The van der Waals surface area contributed by atoms with Gasteiger partial charge in [-0.15, -0.1) is 0 Å². The molecule has 0 aromatic heterocycles. The van der Waals surface area contributed by atoms with Crippen molar-refractivity contribution in [1.29, 1.82) is 0 Å². The summed E-state index contributed by atoms with van der Waals surface area (Å²) in [6.07, 6.45) is 4.93. The van der Waals surface area contributed by atoms with E-state index in [9.17, 15) is 4.39 Å². The lowest BCUT2D eigenvalue weighted by Gasteiger charge is -2.35. The Morgan fingerprint density at radius 1 is 1.25 bits per heavy atom. The SMILES string of the molecule is Fc1ccc2c(c1)C(NC1CCC1)CCN2. The Balaban J connectivity index is 1.83. The first-order valence-electron chi connectivity index (χ1n) is 6.12. The molecular formula is C13H17FN2. The fourth-order valence-corrected chi connectivity index (χ4v) is 2.52. The first-order valence-corrected chi connectivity index (χ1v) is 6.12. The van der Waals surface area contributed by atoms with Crippen molar-refractivity contribution in [2.24, 2.45) is 0 Å². The first-order chi connectivity index (χ1) is 7.83. The molecule has 0 bridgehead atoms. The van der Waals surface area contributed by atoms with Crippen LogP contribution in [0.1, 0.15) is 37.3 Å². The van der Waals surface area contributed by atoms with Gasteiger partial charge in [0, 0.05) is 24.3 Å². The van der Waals surface area contributed by atoms with Crippen LogP contribution < -0.4 is 10.6 Å². The van der Waals surface area contributed by atoms with Gasteiger partial charge < -0.3 is 10.6 Å². The van der Waals surface area contributed by atoms with Crippen molar-refractivity contribution in [3.8, 4) is 0 Å². The van der Waals surface area contributed by atoms with Gasteiger partial charge in [0.15, 0.2) is 0 Å². The molecule has 3 heteroatoms. The molecule has 2 aliphatic rings. The van der Waals surface area contributed by atoms with Gasteiger partial charge in [-0.25, -0.2) is 4.39 Å². The van der Waals surface area contributed by atoms with E-state index >= 15 is 0 Å². The minimum Gasteiger partial charge on any atom is -0.385 e. The summed E-state index contributed by atoms with van der Waals surface area (Å²) in [5, 5.41) is 6.95. The van der Waals surface area contributed by atoms with Crippen molar-refractivity contribution in [3.05, 3.63) is 29.6 Å². The van der Waals surface area contributed by atoms with Crippen LogP contribution in [0.4, 0.5) is 10.1 Å². The largest absolute Gasteiger partial charge is 0.385 e. The zero-order valence-corrected chi connectivity index (χ0v) is 9.30. The van der Waals surface area contributed by atoms with E-state index in [0.29, 0.717) is 12.1 Å². The first kappa shape index (κ1) is 10.1. The number of fused-ring (bicyclic) bond motifs is 1.